The number of nitrogens with zero attached hydrogens (tertiary/aromatic N) is 1. The van der Waals surface area contributed by atoms with Gasteiger partial charge in [-0.3, -0.25) is 9.59 Å². The van der Waals surface area contributed by atoms with E-state index in [9.17, 15) is 9.59 Å². The van der Waals surface area contributed by atoms with Gasteiger partial charge >= 0.3 is 0 Å². The molecule has 7 heteroatoms. The molecular weight excluding hydrogens is 436 g/mol. The van der Waals surface area contributed by atoms with Gasteiger partial charge in [0.25, 0.3) is 0 Å². The number of rotatable bonds is 8. The summed E-state index contributed by atoms with van der Waals surface area (Å²) in [7, 11) is 0. The molecule has 0 bridgehead atoms. The average molecular weight is 461 g/mol. The van der Waals surface area contributed by atoms with Gasteiger partial charge in [0, 0.05) is 28.8 Å². The monoisotopic (exact) mass is 460 g/mol. The first-order valence-corrected chi connectivity index (χ1v) is 10.6. The largest absolute Gasteiger partial charge is 0.490 e. The van der Waals surface area contributed by atoms with Crippen LogP contribution in [-0.4, -0.2) is 31.6 Å². The quantitative estimate of drug-likeness (QED) is 0.626. The van der Waals surface area contributed by atoms with Gasteiger partial charge in [0.05, 0.1) is 19.6 Å². The van der Waals surface area contributed by atoms with E-state index in [1.807, 2.05) is 50.2 Å². The molecule has 1 fully saturated rings. The summed E-state index contributed by atoms with van der Waals surface area (Å²) in [5.74, 6) is 1.24. The number of hydrogen-bond donors (Lipinski definition) is 1. The third-order valence-corrected chi connectivity index (χ3v) is 5.32. The molecule has 2 aromatic rings. The molecule has 1 aliphatic rings. The molecule has 0 aromatic heterocycles. The maximum absolute atomic E-state index is 12.6. The van der Waals surface area contributed by atoms with Crippen LogP contribution in [0.5, 0.6) is 11.5 Å². The molecule has 0 radical (unpaired) electrons. The molecule has 3 rings (SSSR count). The van der Waals surface area contributed by atoms with Crippen molar-refractivity contribution in [2.45, 2.75) is 33.1 Å². The van der Waals surface area contributed by atoms with E-state index >= 15 is 0 Å². The van der Waals surface area contributed by atoms with Gasteiger partial charge in [-0.2, -0.15) is 0 Å². The van der Waals surface area contributed by atoms with Crippen molar-refractivity contribution >= 4 is 39.1 Å². The van der Waals surface area contributed by atoms with E-state index in [-0.39, 0.29) is 18.2 Å². The van der Waals surface area contributed by atoms with Crippen molar-refractivity contribution in [1.82, 2.24) is 0 Å². The van der Waals surface area contributed by atoms with Gasteiger partial charge in [0.1, 0.15) is 0 Å². The zero-order valence-corrected chi connectivity index (χ0v) is 18.3. The molecule has 154 valence electrons. The summed E-state index contributed by atoms with van der Waals surface area (Å²) in [6, 6.07) is 11.0. The molecule has 1 heterocycles. The van der Waals surface area contributed by atoms with Gasteiger partial charge < -0.3 is 19.7 Å². The lowest BCUT2D eigenvalue weighted by Crippen LogP contribution is -2.23. The Morgan fingerprint density at radius 2 is 1.86 bits per heavy atom. The predicted octanol–water partition coefficient (Wildman–Crippen LogP) is 4.55. The van der Waals surface area contributed by atoms with E-state index in [2.05, 4.69) is 21.2 Å². The number of hydrogen-bond acceptors (Lipinski definition) is 4. The Bertz CT molecular complexity index is 900. The van der Waals surface area contributed by atoms with Crippen molar-refractivity contribution in [3.8, 4) is 11.5 Å². The molecule has 2 aromatic carbocycles. The van der Waals surface area contributed by atoms with Crippen LogP contribution in [-0.2, 0) is 16.0 Å². The topological polar surface area (TPSA) is 67.9 Å². The maximum Gasteiger partial charge on any atom is 0.228 e. The van der Waals surface area contributed by atoms with Crippen LogP contribution in [0.25, 0.3) is 0 Å². The highest BCUT2D eigenvalue weighted by atomic mass is 79.9. The van der Waals surface area contributed by atoms with E-state index in [0.29, 0.717) is 36.8 Å². The number of benzene rings is 2. The van der Waals surface area contributed by atoms with Crippen LogP contribution in [0.4, 0.5) is 11.4 Å². The van der Waals surface area contributed by atoms with Crippen LogP contribution in [0.3, 0.4) is 0 Å². The maximum atomic E-state index is 12.6. The van der Waals surface area contributed by atoms with Gasteiger partial charge in [-0.15, -0.1) is 0 Å². The lowest BCUT2D eigenvalue weighted by molar-refractivity contribution is -0.117. The normalized spacial score (nSPS) is 13.5. The summed E-state index contributed by atoms with van der Waals surface area (Å²) in [5, 5.41) is 2.92. The Morgan fingerprint density at radius 1 is 1.14 bits per heavy atom. The van der Waals surface area contributed by atoms with Crippen LogP contribution in [0.15, 0.2) is 40.9 Å². The highest BCUT2D eigenvalue weighted by Gasteiger charge is 2.22. The van der Waals surface area contributed by atoms with Crippen LogP contribution in [0.2, 0.25) is 0 Å². The molecule has 2 amide bonds. The Morgan fingerprint density at radius 3 is 2.52 bits per heavy atom. The van der Waals surface area contributed by atoms with E-state index in [1.165, 1.54) is 0 Å². The zero-order valence-electron chi connectivity index (χ0n) is 16.7. The molecule has 0 unspecified atom stereocenters. The van der Waals surface area contributed by atoms with E-state index in [0.717, 1.165) is 28.7 Å². The standard InChI is InChI=1S/C22H25BrN2O4/c1-3-28-19-11-15(18(23)14-20(19)29-4-2)12-21(26)24-16-7-5-8-17(13-16)25-10-6-9-22(25)27/h5,7-8,11,13-14H,3-4,6,9-10,12H2,1-2H3,(H,24,26). The summed E-state index contributed by atoms with van der Waals surface area (Å²) in [6.45, 7) is 5.57. The third-order valence-electron chi connectivity index (χ3n) is 4.58. The van der Waals surface area contributed by atoms with E-state index < -0.39 is 0 Å². The number of carbonyl (C=O) groups is 2. The number of ether oxygens (including phenoxy) is 2. The van der Waals surface area contributed by atoms with Crippen molar-refractivity contribution in [3.05, 3.63) is 46.4 Å². The summed E-state index contributed by atoms with van der Waals surface area (Å²) >= 11 is 3.52. The fourth-order valence-corrected chi connectivity index (χ4v) is 3.76. The second-order valence-electron chi connectivity index (χ2n) is 6.68. The Balaban J connectivity index is 1.72. The lowest BCUT2D eigenvalue weighted by Gasteiger charge is -2.17. The zero-order chi connectivity index (χ0) is 20.8. The van der Waals surface area contributed by atoms with Gasteiger partial charge in [-0.25, -0.2) is 0 Å². The molecule has 1 saturated heterocycles. The van der Waals surface area contributed by atoms with Crippen LogP contribution >= 0.6 is 15.9 Å². The Kier molecular flexibility index (Phi) is 7.14. The minimum atomic E-state index is -0.151. The molecule has 1 aliphatic heterocycles. The minimum absolute atomic E-state index is 0.121. The van der Waals surface area contributed by atoms with Crippen molar-refractivity contribution in [2.75, 3.05) is 30.0 Å². The molecule has 0 aliphatic carbocycles. The first kappa shape index (κ1) is 21.2. The molecular formula is C22H25BrN2O4. The second-order valence-corrected chi connectivity index (χ2v) is 7.53. The van der Waals surface area contributed by atoms with Crippen molar-refractivity contribution < 1.29 is 19.1 Å². The molecule has 6 nitrogen and oxygen atoms in total. The number of halogens is 1. The van der Waals surface area contributed by atoms with Gasteiger partial charge in [0.15, 0.2) is 11.5 Å². The molecule has 0 saturated carbocycles. The SMILES string of the molecule is CCOc1cc(Br)c(CC(=O)Nc2cccc(N3CCCC3=O)c2)cc1OCC. The van der Waals surface area contributed by atoms with Gasteiger partial charge in [0.2, 0.25) is 11.8 Å². The molecule has 0 atom stereocenters. The number of carbonyl (C=O) groups excluding carboxylic acids is 2. The van der Waals surface area contributed by atoms with Gasteiger partial charge in [-0.05, 0) is 56.2 Å². The fourth-order valence-electron chi connectivity index (χ4n) is 3.30. The second kappa shape index (κ2) is 9.78. The number of amides is 2. The van der Waals surface area contributed by atoms with Crippen molar-refractivity contribution in [1.29, 1.82) is 0 Å². The minimum Gasteiger partial charge on any atom is -0.490 e. The van der Waals surface area contributed by atoms with Crippen LogP contribution in [0, 0.1) is 0 Å². The number of nitrogens with one attached hydrogen (secondary N) is 1. The van der Waals surface area contributed by atoms with E-state index in [4.69, 9.17) is 9.47 Å². The summed E-state index contributed by atoms with van der Waals surface area (Å²) in [5.41, 5.74) is 2.28. The Labute approximate surface area is 179 Å². The first-order chi connectivity index (χ1) is 14.0. The fraction of sp³-hybridized carbons (Fsp3) is 0.364. The van der Waals surface area contributed by atoms with Crippen LogP contribution < -0.4 is 19.7 Å². The highest BCUT2D eigenvalue weighted by Crippen LogP contribution is 2.34. The summed E-state index contributed by atoms with van der Waals surface area (Å²) in [4.78, 5) is 26.3. The van der Waals surface area contributed by atoms with Gasteiger partial charge in [-0.1, -0.05) is 22.0 Å². The molecule has 0 spiro atoms. The average Bonchev–Trinajstić information content (AvgIpc) is 3.12. The smallest absolute Gasteiger partial charge is 0.228 e. The van der Waals surface area contributed by atoms with Crippen molar-refractivity contribution in [2.24, 2.45) is 0 Å². The van der Waals surface area contributed by atoms with Crippen LogP contribution in [0.1, 0.15) is 32.3 Å². The highest BCUT2D eigenvalue weighted by molar-refractivity contribution is 9.10. The summed E-state index contributed by atoms with van der Waals surface area (Å²) in [6.07, 6.45) is 1.62. The first-order valence-electron chi connectivity index (χ1n) is 9.80. The lowest BCUT2D eigenvalue weighted by atomic mass is 10.1. The summed E-state index contributed by atoms with van der Waals surface area (Å²) < 4.78 is 12.0. The molecule has 29 heavy (non-hydrogen) atoms. The van der Waals surface area contributed by atoms with E-state index in [1.54, 1.807) is 4.90 Å². The Hall–Kier alpha value is -2.54. The molecule has 1 N–H and O–H groups in total. The predicted molar refractivity (Wildman–Crippen MR) is 117 cm³/mol. The third kappa shape index (κ3) is 5.29. The number of anilines is 2. The van der Waals surface area contributed by atoms with Crippen molar-refractivity contribution in [3.63, 3.8) is 0 Å².